The molecule has 1 aliphatic heterocycles. The minimum atomic E-state index is 0.0525. The van der Waals surface area contributed by atoms with Crippen molar-refractivity contribution in [2.24, 2.45) is 0 Å². The van der Waals surface area contributed by atoms with Gasteiger partial charge in [-0.1, -0.05) is 12.1 Å². The van der Waals surface area contributed by atoms with Gasteiger partial charge in [-0.15, -0.1) is 0 Å². The molecule has 18 heavy (non-hydrogen) atoms. The quantitative estimate of drug-likeness (QED) is 0.839. The maximum Gasteiger partial charge on any atom is 0.251 e. The van der Waals surface area contributed by atoms with Crippen LogP contribution in [0.25, 0.3) is 0 Å². The highest BCUT2D eigenvalue weighted by atomic mass is 16.1. The van der Waals surface area contributed by atoms with Crippen LogP contribution in [-0.2, 0) is 0 Å². The lowest BCUT2D eigenvalue weighted by Crippen LogP contribution is -2.52. The van der Waals surface area contributed by atoms with Crippen molar-refractivity contribution in [2.45, 2.75) is 45.7 Å². The van der Waals surface area contributed by atoms with Crippen molar-refractivity contribution in [1.82, 2.24) is 10.6 Å². The largest absolute Gasteiger partial charge is 0.348 e. The van der Waals surface area contributed by atoms with Gasteiger partial charge >= 0.3 is 0 Å². The first-order valence-corrected chi connectivity index (χ1v) is 6.70. The highest BCUT2D eigenvalue weighted by molar-refractivity contribution is 5.96. The Balaban J connectivity index is 2.09. The summed E-state index contributed by atoms with van der Waals surface area (Å²) < 4.78 is 0. The Labute approximate surface area is 109 Å². The number of benzene rings is 1. The van der Waals surface area contributed by atoms with Crippen molar-refractivity contribution < 1.29 is 4.79 Å². The molecule has 1 aromatic carbocycles. The van der Waals surface area contributed by atoms with Gasteiger partial charge in [0.25, 0.3) is 5.91 Å². The van der Waals surface area contributed by atoms with Crippen LogP contribution in [0.15, 0.2) is 18.2 Å². The van der Waals surface area contributed by atoms with E-state index in [2.05, 4.69) is 17.6 Å². The lowest BCUT2D eigenvalue weighted by molar-refractivity contribution is 0.0919. The molecule has 0 radical (unpaired) electrons. The van der Waals surface area contributed by atoms with E-state index in [1.54, 1.807) is 0 Å². The number of aryl methyl sites for hydroxylation is 1. The number of rotatable bonds is 2. The van der Waals surface area contributed by atoms with Gasteiger partial charge in [0.2, 0.25) is 0 Å². The average Bonchev–Trinajstić information content (AvgIpc) is 2.35. The van der Waals surface area contributed by atoms with Crippen molar-refractivity contribution in [3.63, 3.8) is 0 Å². The van der Waals surface area contributed by atoms with Gasteiger partial charge in [-0.3, -0.25) is 4.79 Å². The molecule has 0 aliphatic carbocycles. The molecule has 1 amide bonds. The fourth-order valence-corrected chi connectivity index (χ4v) is 2.48. The summed E-state index contributed by atoms with van der Waals surface area (Å²) in [6, 6.07) is 6.48. The molecule has 2 atom stereocenters. The van der Waals surface area contributed by atoms with Crippen LogP contribution in [0.5, 0.6) is 0 Å². The van der Waals surface area contributed by atoms with Gasteiger partial charge in [-0.05, 0) is 57.4 Å². The van der Waals surface area contributed by atoms with Gasteiger partial charge < -0.3 is 10.6 Å². The fourth-order valence-electron chi connectivity index (χ4n) is 2.48. The van der Waals surface area contributed by atoms with Crippen LogP contribution < -0.4 is 10.6 Å². The molecule has 0 saturated carbocycles. The van der Waals surface area contributed by atoms with E-state index in [1.165, 1.54) is 0 Å². The monoisotopic (exact) mass is 246 g/mol. The number of nitrogens with one attached hydrogen (secondary N) is 2. The molecule has 1 heterocycles. The van der Waals surface area contributed by atoms with Crippen molar-refractivity contribution in [2.75, 3.05) is 6.54 Å². The molecular formula is C15H22N2O. The summed E-state index contributed by atoms with van der Waals surface area (Å²) in [5.74, 6) is 0.0525. The van der Waals surface area contributed by atoms with Crippen molar-refractivity contribution >= 4 is 5.91 Å². The average molecular weight is 246 g/mol. The van der Waals surface area contributed by atoms with E-state index >= 15 is 0 Å². The predicted octanol–water partition coefficient (Wildman–Crippen LogP) is 2.17. The lowest BCUT2D eigenvalue weighted by atomic mass is 9.98. The zero-order chi connectivity index (χ0) is 13.1. The summed E-state index contributed by atoms with van der Waals surface area (Å²) in [5.41, 5.74) is 3.04. The van der Waals surface area contributed by atoms with Crippen LogP contribution in [-0.4, -0.2) is 24.5 Å². The molecule has 2 rings (SSSR count). The minimum Gasteiger partial charge on any atom is -0.348 e. The molecule has 1 saturated heterocycles. The Morgan fingerprint density at radius 3 is 2.89 bits per heavy atom. The van der Waals surface area contributed by atoms with E-state index in [4.69, 9.17) is 0 Å². The number of piperidine rings is 1. The number of hydrogen-bond acceptors (Lipinski definition) is 2. The first-order chi connectivity index (χ1) is 8.59. The van der Waals surface area contributed by atoms with Crippen LogP contribution in [0.3, 0.4) is 0 Å². The molecule has 0 spiro atoms. The van der Waals surface area contributed by atoms with Crippen LogP contribution in [0.1, 0.15) is 41.3 Å². The number of amides is 1. The summed E-state index contributed by atoms with van der Waals surface area (Å²) in [4.78, 5) is 12.3. The summed E-state index contributed by atoms with van der Waals surface area (Å²) in [6.07, 6.45) is 2.19. The predicted molar refractivity (Wildman–Crippen MR) is 73.9 cm³/mol. The number of carbonyl (C=O) groups is 1. The van der Waals surface area contributed by atoms with Gasteiger partial charge in [0, 0.05) is 17.6 Å². The highest BCUT2D eigenvalue weighted by Gasteiger charge is 2.23. The fraction of sp³-hybridized carbons (Fsp3) is 0.533. The standard InChI is InChI=1S/C15H22N2O/c1-10-6-4-7-13(11(10)2)15(18)17-14-8-5-9-16-12(14)3/h4,6-7,12,14,16H,5,8-9H2,1-3H3,(H,17,18)/t12-,14-/m1/s1. The summed E-state index contributed by atoms with van der Waals surface area (Å²) >= 11 is 0. The van der Waals surface area contributed by atoms with Gasteiger partial charge in [0.1, 0.15) is 0 Å². The molecule has 1 aliphatic rings. The molecule has 2 N–H and O–H groups in total. The van der Waals surface area contributed by atoms with Crippen LogP contribution >= 0.6 is 0 Å². The van der Waals surface area contributed by atoms with Crippen molar-refractivity contribution in [1.29, 1.82) is 0 Å². The van der Waals surface area contributed by atoms with E-state index in [0.29, 0.717) is 6.04 Å². The Morgan fingerprint density at radius 1 is 1.39 bits per heavy atom. The maximum absolute atomic E-state index is 12.3. The summed E-state index contributed by atoms with van der Waals surface area (Å²) in [5, 5.41) is 6.55. The van der Waals surface area contributed by atoms with Crippen LogP contribution in [0.4, 0.5) is 0 Å². The SMILES string of the molecule is Cc1cccc(C(=O)N[C@@H]2CCCN[C@@H]2C)c1C. The van der Waals surface area contributed by atoms with E-state index < -0.39 is 0 Å². The zero-order valence-corrected chi connectivity index (χ0v) is 11.4. The minimum absolute atomic E-state index is 0.0525. The van der Waals surface area contributed by atoms with Crippen LogP contribution in [0, 0.1) is 13.8 Å². The molecule has 3 heteroatoms. The molecule has 98 valence electrons. The Kier molecular flexibility index (Phi) is 4.02. The third-order valence-corrected chi connectivity index (χ3v) is 3.93. The Hall–Kier alpha value is -1.35. The van der Waals surface area contributed by atoms with Crippen molar-refractivity contribution in [3.8, 4) is 0 Å². The molecular weight excluding hydrogens is 224 g/mol. The zero-order valence-electron chi connectivity index (χ0n) is 11.4. The second kappa shape index (κ2) is 5.53. The molecule has 0 bridgehead atoms. The topological polar surface area (TPSA) is 41.1 Å². The molecule has 0 aromatic heterocycles. The maximum atomic E-state index is 12.3. The molecule has 1 aromatic rings. The number of hydrogen-bond donors (Lipinski definition) is 2. The van der Waals surface area contributed by atoms with Gasteiger partial charge in [0.05, 0.1) is 0 Å². The van der Waals surface area contributed by atoms with Gasteiger partial charge in [0.15, 0.2) is 0 Å². The molecule has 0 unspecified atom stereocenters. The van der Waals surface area contributed by atoms with Gasteiger partial charge in [-0.25, -0.2) is 0 Å². The van der Waals surface area contributed by atoms with E-state index in [9.17, 15) is 4.79 Å². The second-order valence-corrected chi connectivity index (χ2v) is 5.21. The van der Waals surface area contributed by atoms with E-state index in [0.717, 1.165) is 36.1 Å². The molecule has 3 nitrogen and oxygen atoms in total. The van der Waals surface area contributed by atoms with E-state index in [-0.39, 0.29) is 11.9 Å². The second-order valence-electron chi connectivity index (χ2n) is 5.21. The van der Waals surface area contributed by atoms with E-state index in [1.807, 2.05) is 32.0 Å². The normalized spacial score (nSPS) is 23.7. The smallest absolute Gasteiger partial charge is 0.251 e. The lowest BCUT2D eigenvalue weighted by Gasteiger charge is -2.30. The third-order valence-electron chi connectivity index (χ3n) is 3.93. The molecule has 1 fully saturated rings. The first kappa shape index (κ1) is 13.1. The number of carbonyl (C=O) groups excluding carboxylic acids is 1. The Morgan fingerprint density at radius 2 is 2.17 bits per heavy atom. The first-order valence-electron chi connectivity index (χ1n) is 6.70. The van der Waals surface area contributed by atoms with Crippen LogP contribution in [0.2, 0.25) is 0 Å². The Bertz CT molecular complexity index is 442. The highest BCUT2D eigenvalue weighted by Crippen LogP contribution is 2.14. The third kappa shape index (κ3) is 2.72. The van der Waals surface area contributed by atoms with Gasteiger partial charge in [-0.2, -0.15) is 0 Å². The van der Waals surface area contributed by atoms with Crippen molar-refractivity contribution in [3.05, 3.63) is 34.9 Å². The summed E-state index contributed by atoms with van der Waals surface area (Å²) in [6.45, 7) is 7.23. The summed E-state index contributed by atoms with van der Waals surface area (Å²) in [7, 11) is 0.